The molecule has 2 fully saturated rings. The number of hydrogen-bond acceptors (Lipinski definition) is 3. The van der Waals surface area contributed by atoms with E-state index >= 15 is 0 Å². The number of aldehydes is 1. The Labute approximate surface area is 66.8 Å². The minimum atomic E-state index is 0.263. The van der Waals surface area contributed by atoms with E-state index in [-0.39, 0.29) is 5.92 Å². The van der Waals surface area contributed by atoms with E-state index < -0.39 is 0 Å². The lowest BCUT2D eigenvalue weighted by molar-refractivity contribution is -0.117. The first kappa shape index (κ1) is 7.25. The number of carbonyl (C=O) groups excluding carboxylic acids is 1. The molecule has 2 saturated heterocycles. The average molecular weight is 154 g/mol. The summed E-state index contributed by atoms with van der Waals surface area (Å²) in [6.07, 6.45) is 1.12. The quantitative estimate of drug-likeness (QED) is 0.509. The van der Waals surface area contributed by atoms with Gasteiger partial charge in [-0.05, 0) is 7.05 Å². The van der Waals surface area contributed by atoms with Gasteiger partial charge < -0.3 is 15.0 Å². The molecule has 11 heavy (non-hydrogen) atoms. The SMILES string of the molecule is CN1CC2(CNC[C@H]2C=O)C1. The zero-order valence-corrected chi connectivity index (χ0v) is 6.84. The van der Waals surface area contributed by atoms with Gasteiger partial charge in [0.25, 0.3) is 0 Å². The van der Waals surface area contributed by atoms with Crippen LogP contribution in [0.2, 0.25) is 0 Å². The molecule has 2 aliphatic heterocycles. The maximum atomic E-state index is 10.7. The van der Waals surface area contributed by atoms with Crippen LogP contribution in [0.5, 0.6) is 0 Å². The third-order valence-corrected chi connectivity index (χ3v) is 2.96. The lowest BCUT2D eigenvalue weighted by Crippen LogP contribution is -2.58. The minimum absolute atomic E-state index is 0.263. The summed E-state index contributed by atoms with van der Waals surface area (Å²) in [5.74, 6) is 0.263. The van der Waals surface area contributed by atoms with Crippen LogP contribution in [0.1, 0.15) is 0 Å². The number of hydrogen-bond donors (Lipinski definition) is 1. The second kappa shape index (κ2) is 2.29. The van der Waals surface area contributed by atoms with Gasteiger partial charge >= 0.3 is 0 Å². The van der Waals surface area contributed by atoms with Crippen LogP contribution >= 0.6 is 0 Å². The molecule has 0 aromatic heterocycles. The van der Waals surface area contributed by atoms with Gasteiger partial charge in [0, 0.05) is 37.5 Å². The Morgan fingerprint density at radius 3 is 2.91 bits per heavy atom. The van der Waals surface area contributed by atoms with Crippen LogP contribution in [-0.4, -0.2) is 44.4 Å². The largest absolute Gasteiger partial charge is 0.315 e. The van der Waals surface area contributed by atoms with Gasteiger partial charge in [0.1, 0.15) is 6.29 Å². The van der Waals surface area contributed by atoms with E-state index in [9.17, 15) is 4.79 Å². The van der Waals surface area contributed by atoms with Crippen LogP contribution in [-0.2, 0) is 4.79 Å². The van der Waals surface area contributed by atoms with Crippen LogP contribution in [0.4, 0.5) is 0 Å². The highest BCUT2D eigenvalue weighted by molar-refractivity contribution is 5.57. The van der Waals surface area contributed by atoms with E-state index in [1.165, 1.54) is 0 Å². The first-order valence-electron chi connectivity index (χ1n) is 4.11. The Kier molecular flexibility index (Phi) is 1.51. The smallest absolute Gasteiger partial charge is 0.125 e. The van der Waals surface area contributed by atoms with Crippen LogP contribution in [0.3, 0.4) is 0 Å². The van der Waals surface area contributed by atoms with Crippen molar-refractivity contribution in [1.82, 2.24) is 10.2 Å². The summed E-state index contributed by atoms with van der Waals surface area (Å²) < 4.78 is 0. The van der Waals surface area contributed by atoms with Gasteiger partial charge in [-0.25, -0.2) is 0 Å². The fourth-order valence-corrected chi connectivity index (χ4v) is 2.39. The number of likely N-dealkylation sites (tertiary alicyclic amines) is 1. The average Bonchev–Trinajstić information content (AvgIpc) is 2.31. The van der Waals surface area contributed by atoms with E-state index in [0.29, 0.717) is 5.41 Å². The van der Waals surface area contributed by atoms with E-state index in [1.807, 2.05) is 0 Å². The monoisotopic (exact) mass is 154 g/mol. The molecule has 0 aromatic carbocycles. The van der Waals surface area contributed by atoms with Crippen molar-refractivity contribution < 1.29 is 4.79 Å². The van der Waals surface area contributed by atoms with Gasteiger partial charge in [-0.2, -0.15) is 0 Å². The van der Waals surface area contributed by atoms with Crippen molar-refractivity contribution in [3.63, 3.8) is 0 Å². The van der Waals surface area contributed by atoms with Crippen molar-refractivity contribution in [3.05, 3.63) is 0 Å². The predicted octanol–water partition coefficient (Wildman–Crippen LogP) is -0.663. The summed E-state index contributed by atoms with van der Waals surface area (Å²) in [7, 11) is 2.10. The molecule has 0 radical (unpaired) electrons. The van der Waals surface area contributed by atoms with Gasteiger partial charge in [-0.1, -0.05) is 0 Å². The summed E-state index contributed by atoms with van der Waals surface area (Å²) in [5.41, 5.74) is 0.302. The third-order valence-electron chi connectivity index (χ3n) is 2.96. The van der Waals surface area contributed by atoms with E-state index in [2.05, 4.69) is 17.3 Å². The molecule has 1 spiro atoms. The predicted molar refractivity (Wildman–Crippen MR) is 42.4 cm³/mol. The molecule has 3 nitrogen and oxygen atoms in total. The fraction of sp³-hybridized carbons (Fsp3) is 0.875. The Balaban J connectivity index is 2.07. The van der Waals surface area contributed by atoms with Gasteiger partial charge in [0.05, 0.1) is 0 Å². The Morgan fingerprint density at radius 1 is 1.64 bits per heavy atom. The van der Waals surface area contributed by atoms with Crippen LogP contribution in [0.15, 0.2) is 0 Å². The topological polar surface area (TPSA) is 32.3 Å². The van der Waals surface area contributed by atoms with Crippen molar-refractivity contribution >= 4 is 6.29 Å². The fourth-order valence-electron chi connectivity index (χ4n) is 2.39. The van der Waals surface area contributed by atoms with Gasteiger partial charge in [0.2, 0.25) is 0 Å². The number of rotatable bonds is 1. The van der Waals surface area contributed by atoms with E-state index in [1.54, 1.807) is 0 Å². The van der Waals surface area contributed by atoms with E-state index in [4.69, 9.17) is 0 Å². The Hall–Kier alpha value is -0.410. The second-order valence-electron chi connectivity index (χ2n) is 3.91. The molecular formula is C8H14N2O. The molecule has 2 heterocycles. The summed E-state index contributed by atoms with van der Waals surface area (Å²) in [5, 5.41) is 3.28. The van der Waals surface area contributed by atoms with E-state index in [0.717, 1.165) is 32.5 Å². The standard InChI is InChI=1S/C8H14N2O/c1-10-5-8(6-10)4-9-2-7(8)3-11/h3,7,9H,2,4-6H2,1H3/t7-/m0/s1. The lowest BCUT2D eigenvalue weighted by atomic mass is 9.72. The van der Waals surface area contributed by atoms with Crippen molar-refractivity contribution in [2.45, 2.75) is 0 Å². The molecule has 0 aromatic rings. The molecule has 1 atom stereocenters. The molecule has 0 amide bonds. The van der Waals surface area contributed by atoms with Crippen molar-refractivity contribution in [3.8, 4) is 0 Å². The maximum Gasteiger partial charge on any atom is 0.125 e. The van der Waals surface area contributed by atoms with Crippen LogP contribution in [0, 0.1) is 11.3 Å². The number of nitrogens with zero attached hydrogens (tertiary/aromatic N) is 1. The highest BCUT2D eigenvalue weighted by Gasteiger charge is 2.49. The molecule has 0 saturated carbocycles. The van der Waals surface area contributed by atoms with Crippen molar-refractivity contribution in [1.29, 1.82) is 0 Å². The molecule has 2 rings (SSSR count). The molecule has 3 heteroatoms. The first-order chi connectivity index (χ1) is 5.27. The maximum absolute atomic E-state index is 10.7. The summed E-state index contributed by atoms with van der Waals surface area (Å²) in [6, 6.07) is 0. The third kappa shape index (κ3) is 0.914. The van der Waals surface area contributed by atoms with Gasteiger partial charge in [-0.15, -0.1) is 0 Å². The second-order valence-corrected chi connectivity index (χ2v) is 3.91. The summed E-state index contributed by atoms with van der Waals surface area (Å²) >= 11 is 0. The molecule has 0 unspecified atom stereocenters. The first-order valence-corrected chi connectivity index (χ1v) is 4.11. The Bertz CT molecular complexity index is 175. The number of carbonyl (C=O) groups is 1. The zero-order valence-electron chi connectivity index (χ0n) is 6.84. The lowest BCUT2D eigenvalue weighted by Gasteiger charge is -2.48. The van der Waals surface area contributed by atoms with Gasteiger partial charge in [-0.3, -0.25) is 0 Å². The zero-order chi connectivity index (χ0) is 7.90. The van der Waals surface area contributed by atoms with Crippen LogP contribution < -0.4 is 5.32 Å². The molecule has 62 valence electrons. The van der Waals surface area contributed by atoms with Crippen molar-refractivity contribution in [2.24, 2.45) is 11.3 Å². The van der Waals surface area contributed by atoms with Crippen LogP contribution in [0.25, 0.3) is 0 Å². The molecular weight excluding hydrogens is 140 g/mol. The summed E-state index contributed by atoms with van der Waals surface area (Å²) in [4.78, 5) is 12.9. The Morgan fingerprint density at radius 2 is 2.36 bits per heavy atom. The summed E-state index contributed by atoms with van der Waals surface area (Å²) in [6.45, 7) is 4.09. The molecule has 0 aliphatic carbocycles. The highest BCUT2D eigenvalue weighted by Crippen LogP contribution is 2.38. The molecule has 2 aliphatic rings. The highest BCUT2D eigenvalue weighted by atomic mass is 16.1. The molecule has 1 N–H and O–H groups in total. The molecule has 0 bridgehead atoms. The minimum Gasteiger partial charge on any atom is -0.315 e. The van der Waals surface area contributed by atoms with Crippen molar-refractivity contribution in [2.75, 3.05) is 33.2 Å². The number of nitrogens with one attached hydrogen (secondary N) is 1. The normalized spacial score (nSPS) is 35.5. The van der Waals surface area contributed by atoms with Gasteiger partial charge in [0.15, 0.2) is 0 Å².